The number of aliphatic imine (C=N–C) groups is 1. The van der Waals surface area contributed by atoms with Crippen LogP contribution >= 0.6 is 24.0 Å². The van der Waals surface area contributed by atoms with Crippen molar-refractivity contribution in [3.05, 3.63) is 29.3 Å². The van der Waals surface area contributed by atoms with Crippen LogP contribution in [0.2, 0.25) is 0 Å². The molecule has 0 bridgehead atoms. The molecule has 0 amide bonds. The summed E-state index contributed by atoms with van der Waals surface area (Å²) in [6.45, 7) is 10.5. The second-order valence-electron chi connectivity index (χ2n) is 7.25. The van der Waals surface area contributed by atoms with Crippen LogP contribution < -0.4 is 15.4 Å². The average molecular weight is 475 g/mol. The Labute approximate surface area is 175 Å². The maximum atomic E-state index is 6.01. The number of unbranched alkanes of at least 4 members (excludes halogenated alkanes) is 2. The molecule has 0 radical (unpaired) electrons. The standard InChI is InChI=1S/C20H33N3O2.HI/c1-5-6-7-10-25-18-11-16(2)8-9-17(18)12-22-19(21-4)23-13-20(3)14-24-15-20;/h8-9,11H,5-7,10,12-15H2,1-4H3,(H2,21,22,23);1H. The van der Waals surface area contributed by atoms with Gasteiger partial charge in [0.1, 0.15) is 5.75 Å². The third-order valence-electron chi connectivity index (χ3n) is 4.48. The van der Waals surface area contributed by atoms with E-state index < -0.39 is 0 Å². The van der Waals surface area contributed by atoms with Gasteiger partial charge in [-0.15, -0.1) is 24.0 Å². The first-order chi connectivity index (χ1) is 12.1. The van der Waals surface area contributed by atoms with Crippen molar-refractivity contribution in [3.63, 3.8) is 0 Å². The number of rotatable bonds is 9. The first-order valence-electron chi connectivity index (χ1n) is 9.31. The molecule has 148 valence electrons. The molecule has 0 saturated carbocycles. The Morgan fingerprint density at radius 3 is 2.65 bits per heavy atom. The van der Waals surface area contributed by atoms with Crippen molar-refractivity contribution in [2.45, 2.75) is 46.6 Å². The highest BCUT2D eigenvalue weighted by Crippen LogP contribution is 2.25. The lowest BCUT2D eigenvalue weighted by Gasteiger charge is -2.38. The largest absolute Gasteiger partial charge is 0.493 e. The number of nitrogens with zero attached hydrogens (tertiary/aromatic N) is 1. The van der Waals surface area contributed by atoms with Gasteiger partial charge in [-0.1, -0.05) is 38.8 Å². The number of hydrogen-bond acceptors (Lipinski definition) is 3. The number of halogens is 1. The highest BCUT2D eigenvalue weighted by Gasteiger charge is 2.33. The molecule has 0 aromatic heterocycles. The molecule has 1 aliphatic rings. The first kappa shape index (κ1) is 23.0. The fourth-order valence-corrected chi connectivity index (χ4v) is 2.73. The Kier molecular flexibility index (Phi) is 10.3. The zero-order valence-corrected chi connectivity index (χ0v) is 18.9. The highest BCUT2D eigenvalue weighted by atomic mass is 127. The van der Waals surface area contributed by atoms with Gasteiger partial charge in [-0.2, -0.15) is 0 Å². The number of hydrogen-bond donors (Lipinski definition) is 2. The number of aryl methyl sites for hydroxylation is 1. The van der Waals surface area contributed by atoms with Crippen molar-refractivity contribution < 1.29 is 9.47 Å². The van der Waals surface area contributed by atoms with Crippen molar-refractivity contribution in [1.82, 2.24) is 10.6 Å². The molecule has 0 unspecified atom stereocenters. The second kappa shape index (κ2) is 11.6. The Hall–Kier alpha value is -1.02. The monoisotopic (exact) mass is 475 g/mol. The quantitative estimate of drug-likeness (QED) is 0.246. The molecule has 1 saturated heterocycles. The van der Waals surface area contributed by atoms with Crippen LogP contribution in [0.15, 0.2) is 23.2 Å². The Morgan fingerprint density at radius 1 is 1.27 bits per heavy atom. The van der Waals surface area contributed by atoms with Gasteiger partial charge in [0.15, 0.2) is 5.96 Å². The van der Waals surface area contributed by atoms with Crippen molar-refractivity contribution in [2.24, 2.45) is 10.4 Å². The molecule has 1 heterocycles. The van der Waals surface area contributed by atoms with Crippen LogP contribution in [0.1, 0.15) is 44.2 Å². The van der Waals surface area contributed by atoms with Crippen molar-refractivity contribution in [1.29, 1.82) is 0 Å². The summed E-state index contributed by atoms with van der Waals surface area (Å²) in [4.78, 5) is 4.31. The van der Waals surface area contributed by atoms with Gasteiger partial charge in [-0.3, -0.25) is 4.99 Å². The van der Waals surface area contributed by atoms with Crippen molar-refractivity contribution in [3.8, 4) is 5.75 Å². The number of guanidine groups is 1. The van der Waals surface area contributed by atoms with Crippen LogP contribution in [0.3, 0.4) is 0 Å². The average Bonchev–Trinajstić information content (AvgIpc) is 2.58. The summed E-state index contributed by atoms with van der Waals surface area (Å²) in [7, 11) is 1.80. The van der Waals surface area contributed by atoms with Crippen LogP contribution in [0.25, 0.3) is 0 Å². The summed E-state index contributed by atoms with van der Waals surface area (Å²) in [5.74, 6) is 1.78. The minimum Gasteiger partial charge on any atom is -0.493 e. The topological polar surface area (TPSA) is 54.9 Å². The molecular weight excluding hydrogens is 441 g/mol. The van der Waals surface area contributed by atoms with Gasteiger partial charge in [0.2, 0.25) is 0 Å². The molecule has 0 spiro atoms. The number of benzene rings is 1. The third kappa shape index (κ3) is 7.31. The molecule has 5 nitrogen and oxygen atoms in total. The molecule has 2 rings (SSSR count). The van der Waals surface area contributed by atoms with Crippen LogP contribution in [0, 0.1) is 12.3 Å². The summed E-state index contributed by atoms with van der Waals surface area (Å²) < 4.78 is 11.3. The molecule has 1 aliphatic heterocycles. The Bertz CT molecular complexity index is 574. The summed E-state index contributed by atoms with van der Waals surface area (Å²) in [6.07, 6.45) is 3.51. The van der Waals surface area contributed by atoms with Crippen molar-refractivity contribution in [2.75, 3.05) is 33.4 Å². The minimum absolute atomic E-state index is 0. The zero-order valence-electron chi connectivity index (χ0n) is 16.6. The van der Waals surface area contributed by atoms with E-state index in [0.29, 0.717) is 6.54 Å². The highest BCUT2D eigenvalue weighted by molar-refractivity contribution is 14.0. The second-order valence-corrected chi connectivity index (χ2v) is 7.25. The Balaban J connectivity index is 0.00000338. The fourth-order valence-electron chi connectivity index (χ4n) is 2.73. The van der Waals surface area contributed by atoms with Crippen LogP contribution in [0.5, 0.6) is 5.75 Å². The van der Waals surface area contributed by atoms with Gasteiger partial charge in [0, 0.05) is 31.1 Å². The third-order valence-corrected chi connectivity index (χ3v) is 4.48. The summed E-state index contributed by atoms with van der Waals surface area (Å²) >= 11 is 0. The smallest absolute Gasteiger partial charge is 0.191 e. The number of ether oxygens (including phenoxy) is 2. The van der Waals surface area contributed by atoms with E-state index >= 15 is 0 Å². The van der Waals surface area contributed by atoms with E-state index in [1.807, 2.05) is 0 Å². The van der Waals surface area contributed by atoms with Crippen molar-refractivity contribution >= 4 is 29.9 Å². The lowest BCUT2D eigenvalue weighted by Crippen LogP contribution is -2.50. The molecule has 1 aromatic rings. The summed E-state index contributed by atoms with van der Waals surface area (Å²) in [6, 6.07) is 6.37. The molecular formula is C20H34IN3O2. The molecule has 1 aromatic carbocycles. The van der Waals surface area contributed by atoms with E-state index in [9.17, 15) is 0 Å². The molecule has 6 heteroatoms. The van der Waals surface area contributed by atoms with Gasteiger partial charge < -0.3 is 20.1 Å². The van der Waals surface area contributed by atoms with E-state index in [1.54, 1.807) is 7.05 Å². The van der Waals surface area contributed by atoms with E-state index in [4.69, 9.17) is 9.47 Å². The molecule has 2 N–H and O–H groups in total. The van der Waals surface area contributed by atoms with E-state index in [1.165, 1.54) is 18.4 Å². The van der Waals surface area contributed by atoms with Gasteiger partial charge >= 0.3 is 0 Å². The molecule has 1 fully saturated rings. The zero-order chi connectivity index (χ0) is 18.1. The maximum absolute atomic E-state index is 6.01. The van der Waals surface area contributed by atoms with Gasteiger partial charge in [-0.25, -0.2) is 0 Å². The maximum Gasteiger partial charge on any atom is 0.191 e. The normalized spacial score (nSPS) is 15.6. The molecule has 0 atom stereocenters. The van der Waals surface area contributed by atoms with E-state index in [2.05, 4.69) is 54.6 Å². The first-order valence-corrected chi connectivity index (χ1v) is 9.31. The van der Waals surface area contributed by atoms with Gasteiger partial charge in [-0.05, 0) is 25.0 Å². The summed E-state index contributed by atoms with van der Waals surface area (Å²) in [5, 5.41) is 6.78. The summed E-state index contributed by atoms with van der Waals surface area (Å²) in [5.41, 5.74) is 2.59. The Morgan fingerprint density at radius 2 is 2.04 bits per heavy atom. The number of nitrogens with one attached hydrogen (secondary N) is 2. The van der Waals surface area contributed by atoms with Crippen LogP contribution in [-0.4, -0.2) is 39.4 Å². The molecule has 26 heavy (non-hydrogen) atoms. The molecule has 0 aliphatic carbocycles. The predicted octanol–water partition coefficient (Wildman–Crippen LogP) is 3.88. The van der Waals surface area contributed by atoms with Crippen LogP contribution in [0.4, 0.5) is 0 Å². The van der Waals surface area contributed by atoms with E-state index in [0.717, 1.165) is 50.1 Å². The van der Waals surface area contributed by atoms with Gasteiger partial charge in [0.25, 0.3) is 0 Å². The lowest BCUT2D eigenvalue weighted by molar-refractivity contribution is -0.0971. The SMILES string of the molecule is CCCCCOc1cc(C)ccc1CNC(=NC)NCC1(C)COC1.I. The van der Waals surface area contributed by atoms with Crippen LogP contribution in [-0.2, 0) is 11.3 Å². The lowest BCUT2D eigenvalue weighted by atomic mass is 9.89. The predicted molar refractivity (Wildman–Crippen MR) is 119 cm³/mol. The minimum atomic E-state index is 0. The van der Waals surface area contributed by atoms with Gasteiger partial charge in [0.05, 0.1) is 19.8 Å². The van der Waals surface area contributed by atoms with E-state index in [-0.39, 0.29) is 29.4 Å². The fraction of sp³-hybridized carbons (Fsp3) is 0.650.